The summed E-state index contributed by atoms with van der Waals surface area (Å²) in [5.74, 6) is -0.347. The Morgan fingerprint density at radius 1 is 1.02 bits per heavy atom. The van der Waals surface area contributed by atoms with Crippen LogP contribution in [0, 0.1) is 11.3 Å². The van der Waals surface area contributed by atoms with Gasteiger partial charge in [-0.15, -0.1) is 0 Å². The highest BCUT2D eigenvalue weighted by molar-refractivity contribution is 5.94. The number of carbonyl (C=O) groups is 3. The maximum Gasteiger partial charge on any atom is 0.409 e. The molecule has 8 unspecified atom stereocenters. The number of hydrogen-bond acceptors (Lipinski definition) is 11. The monoisotopic (exact) mass is 853 g/mol. The highest BCUT2D eigenvalue weighted by atomic mass is 16.6. The molecule has 1 aliphatic carbocycles. The van der Waals surface area contributed by atoms with Crippen molar-refractivity contribution >= 4 is 34.6 Å². The van der Waals surface area contributed by atoms with Crippen molar-refractivity contribution in [2.24, 2.45) is 11.3 Å². The summed E-state index contributed by atoms with van der Waals surface area (Å²) >= 11 is 0. The summed E-state index contributed by atoms with van der Waals surface area (Å²) in [4.78, 5) is 53.9. The summed E-state index contributed by atoms with van der Waals surface area (Å²) in [7, 11) is 8.56. The van der Waals surface area contributed by atoms with Gasteiger partial charge in [0.15, 0.2) is 0 Å². The largest absolute Gasteiger partial charge is 0.496 e. The second-order valence-corrected chi connectivity index (χ2v) is 18.7. The van der Waals surface area contributed by atoms with Gasteiger partial charge in [0.05, 0.1) is 20.3 Å². The number of aromatic nitrogens is 1. The van der Waals surface area contributed by atoms with Gasteiger partial charge in [-0.05, 0) is 74.2 Å². The van der Waals surface area contributed by atoms with Crippen molar-refractivity contribution in [3.05, 3.63) is 70.9 Å². The number of likely N-dealkylation sites (N-methyl/N-ethyl adjacent to an activating group) is 1. The Bertz CT molecular complexity index is 2260. The SMILES string of the molecule is CC.CCC1(OC(=O)N(C)C)CC2CN(CCc3c([nH]c4ccccc34)[C@@](C(=O)OC)(c3cc4c(cc3OC)N(C)C3C(O)C(OC(C)=O)[C@]5(CC)C=CCN6CCC43C65)C2)C1. The van der Waals surface area contributed by atoms with Crippen LogP contribution in [-0.4, -0.2) is 141 Å². The minimum absolute atomic E-state index is 0.0872. The first-order valence-electron chi connectivity index (χ1n) is 22.8. The summed E-state index contributed by atoms with van der Waals surface area (Å²) in [6.07, 6.45) is 5.90. The van der Waals surface area contributed by atoms with Gasteiger partial charge in [-0.3, -0.25) is 19.4 Å². The molecule has 1 amide bonds. The average molecular weight is 854 g/mol. The van der Waals surface area contributed by atoms with Crippen molar-refractivity contribution in [2.75, 3.05) is 73.0 Å². The number of aliphatic hydroxyl groups excluding tert-OH is 1. The van der Waals surface area contributed by atoms with Crippen molar-refractivity contribution < 1.29 is 38.4 Å². The molecule has 2 aromatic carbocycles. The van der Waals surface area contributed by atoms with E-state index in [9.17, 15) is 14.7 Å². The lowest BCUT2D eigenvalue weighted by Crippen LogP contribution is -2.74. The third-order valence-electron chi connectivity index (χ3n) is 15.7. The maximum atomic E-state index is 15.4. The summed E-state index contributed by atoms with van der Waals surface area (Å²) in [6, 6.07) is 12.0. The van der Waals surface area contributed by atoms with E-state index in [-0.39, 0.29) is 18.1 Å². The number of rotatable bonds is 7. The van der Waals surface area contributed by atoms with Crippen LogP contribution in [0.4, 0.5) is 10.5 Å². The summed E-state index contributed by atoms with van der Waals surface area (Å²) in [6.45, 7) is 13.2. The van der Waals surface area contributed by atoms with Gasteiger partial charge in [0.2, 0.25) is 0 Å². The molecule has 1 saturated carbocycles. The Labute approximate surface area is 366 Å². The van der Waals surface area contributed by atoms with E-state index in [2.05, 4.69) is 69.9 Å². The second kappa shape index (κ2) is 16.2. The highest BCUT2D eigenvalue weighted by Gasteiger charge is 2.73. The van der Waals surface area contributed by atoms with Gasteiger partial charge in [0, 0.05) is 105 Å². The van der Waals surface area contributed by atoms with E-state index in [0.717, 1.165) is 59.5 Å². The van der Waals surface area contributed by atoms with Gasteiger partial charge in [-0.1, -0.05) is 58.0 Å². The number of methoxy groups -OCH3 is 2. The molecule has 2 saturated heterocycles. The molecule has 6 heterocycles. The van der Waals surface area contributed by atoms with Gasteiger partial charge in [-0.25, -0.2) is 4.79 Å². The van der Waals surface area contributed by atoms with E-state index in [1.165, 1.54) is 18.9 Å². The molecule has 2 bridgehead atoms. The number of H-pyrrole nitrogens is 1. The Morgan fingerprint density at radius 2 is 1.77 bits per heavy atom. The molecular weight excluding hydrogens is 787 g/mol. The molecule has 3 fully saturated rings. The van der Waals surface area contributed by atoms with Crippen LogP contribution >= 0.6 is 0 Å². The molecular formula is C49H67N5O8. The number of nitrogens with zero attached hydrogens (tertiary/aromatic N) is 4. The predicted molar refractivity (Wildman–Crippen MR) is 239 cm³/mol. The van der Waals surface area contributed by atoms with E-state index in [1.54, 1.807) is 21.2 Å². The number of fused-ring (bicyclic) bond motifs is 6. The topological polar surface area (TPSA) is 137 Å². The Balaban J connectivity index is 0.00000261. The average Bonchev–Trinajstić information content (AvgIpc) is 3.93. The fraction of sp³-hybridized carbons (Fsp3) is 0.612. The smallest absolute Gasteiger partial charge is 0.409 e. The molecule has 10 atom stereocenters. The molecule has 3 aromatic rings. The molecule has 6 aliphatic rings. The summed E-state index contributed by atoms with van der Waals surface area (Å²) in [5, 5.41) is 13.7. The summed E-state index contributed by atoms with van der Waals surface area (Å²) < 4.78 is 25.0. The number of piperidine rings is 1. The number of benzene rings is 2. The van der Waals surface area contributed by atoms with E-state index in [0.29, 0.717) is 56.5 Å². The number of para-hydroxylation sites is 1. The first-order valence-corrected chi connectivity index (χ1v) is 22.8. The predicted octanol–water partition coefficient (Wildman–Crippen LogP) is 6.18. The molecule has 2 N–H and O–H groups in total. The van der Waals surface area contributed by atoms with Crippen LogP contribution in [-0.2, 0) is 41.1 Å². The lowest BCUT2D eigenvalue weighted by molar-refractivity contribution is -0.184. The normalized spacial score (nSPS) is 34.2. The molecule has 62 heavy (non-hydrogen) atoms. The van der Waals surface area contributed by atoms with E-state index < -0.39 is 52.0 Å². The van der Waals surface area contributed by atoms with Crippen LogP contribution in [0.15, 0.2) is 48.6 Å². The lowest BCUT2D eigenvalue weighted by atomic mass is 9.51. The Morgan fingerprint density at radius 3 is 2.45 bits per heavy atom. The second-order valence-electron chi connectivity index (χ2n) is 18.7. The number of ether oxygens (including phenoxy) is 4. The first-order chi connectivity index (χ1) is 29.7. The number of aromatic amines is 1. The zero-order valence-corrected chi connectivity index (χ0v) is 38.4. The molecule has 13 nitrogen and oxygen atoms in total. The van der Waals surface area contributed by atoms with E-state index >= 15 is 4.79 Å². The zero-order chi connectivity index (χ0) is 44.5. The number of amides is 1. The van der Waals surface area contributed by atoms with Crippen LogP contribution in [0.3, 0.4) is 0 Å². The van der Waals surface area contributed by atoms with E-state index in [4.69, 9.17) is 18.9 Å². The number of hydrogen-bond donors (Lipinski definition) is 2. The Kier molecular flexibility index (Phi) is 11.5. The van der Waals surface area contributed by atoms with Crippen molar-refractivity contribution in [2.45, 2.75) is 114 Å². The lowest BCUT2D eigenvalue weighted by Gasteiger charge is -2.60. The zero-order valence-electron chi connectivity index (χ0n) is 38.4. The van der Waals surface area contributed by atoms with Gasteiger partial charge in [0.25, 0.3) is 0 Å². The van der Waals surface area contributed by atoms with Crippen LogP contribution in [0.25, 0.3) is 10.9 Å². The van der Waals surface area contributed by atoms with Gasteiger partial charge in [0.1, 0.15) is 29.0 Å². The molecule has 13 heteroatoms. The van der Waals surface area contributed by atoms with Crippen molar-refractivity contribution in [1.29, 1.82) is 0 Å². The van der Waals surface area contributed by atoms with Crippen molar-refractivity contribution in [3.63, 3.8) is 0 Å². The fourth-order valence-electron chi connectivity index (χ4n) is 13.4. The van der Waals surface area contributed by atoms with Gasteiger partial charge in [-0.2, -0.15) is 0 Å². The molecule has 0 radical (unpaired) electrons. The third kappa shape index (κ3) is 6.22. The van der Waals surface area contributed by atoms with Crippen molar-refractivity contribution in [3.8, 4) is 5.75 Å². The number of nitrogens with one attached hydrogen (secondary N) is 1. The number of aliphatic hydroxyl groups is 1. The van der Waals surface area contributed by atoms with Crippen LogP contribution < -0.4 is 9.64 Å². The van der Waals surface area contributed by atoms with Gasteiger partial charge >= 0.3 is 18.0 Å². The third-order valence-corrected chi connectivity index (χ3v) is 15.7. The minimum Gasteiger partial charge on any atom is -0.496 e. The first kappa shape index (κ1) is 44.0. The van der Waals surface area contributed by atoms with E-state index in [1.807, 2.05) is 33.0 Å². The highest BCUT2D eigenvalue weighted by Crippen LogP contribution is 2.66. The molecule has 9 rings (SSSR count). The quantitative estimate of drug-likeness (QED) is 0.160. The number of anilines is 1. The van der Waals surface area contributed by atoms with Crippen LogP contribution in [0.5, 0.6) is 5.75 Å². The molecule has 1 spiro atoms. The number of carbonyl (C=O) groups excluding carboxylic acids is 3. The van der Waals surface area contributed by atoms with Gasteiger partial charge < -0.3 is 38.8 Å². The molecule has 336 valence electrons. The van der Waals surface area contributed by atoms with Crippen molar-refractivity contribution in [1.82, 2.24) is 19.7 Å². The minimum atomic E-state index is -1.38. The maximum absolute atomic E-state index is 15.4. The summed E-state index contributed by atoms with van der Waals surface area (Å²) in [5.41, 5.74) is 2.12. The molecule has 5 aliphatic heterocycles. The standard InChI is InChI=1S/C47H61N5O8.C2H6/c1-9-44(60-43(56)49(4)5)24-29-25-47(42(55)58-8,38-31(16-20-51(26-29)27-44)30-14-11-12-15-34(30)48-38)33-22-32-35(23-36(33)57-7)50(6)39-37(54)40(59-28(3)53)45(10-2)17-13-19-52-21-18-46(32,39)41(45)52;1-2/h11-15,17,22-23,29,37,39-41,48,54H,9-10,16,18-21,24-27H2,1-8H3;1-2H3/t29?,37?,39?,40?,41?,44?,45-,46?,47-;/m0./s1. The van der Waals surface area contributed by atoms with Crippen LogP contribution in [0.1, 0.15) is 89.1 Å². The van der Waals surface area contributed by atoms with Crippen LogP contribution in [0.2, 0.25) is 0 Å². The number of esters is 2. The molecule has 1 aromatic heterocycles. The Hall–Kier alpha value is -4.59. The fourth-order valence-corrected chi connectivity index (χ4v) is 13.4.